The molecule has 0 radical (unpaired) electrons. The molecule has 4 heteroatoms. The van der Waals surface area contributed by atoms with E-state index < -0.39 is 10.8 Å². The Bertz CT molecular complexity index is 471. The zero-order chi connectivity index (χ0) is 13.9. The molecule has 0 saturated carbocycles. The molecule has 1 heterocycles. The molecule has 3 nitrogen and oxygen atoms in total. The summed E-state index contributed by atoms with van der Waals surface area (Å²) in [6.45, 7) is 7.76. The average molecular weight is 281 g/mol. The quantitative estimate of drug-likeness (QED) is 0.813. The van der Waals surface area contributed by atoms with Crippen LogP contribution in [0.2, 0.25) is 0 Å². The maximum atomic E-state index is 11.3. The molecule has 0 bridgehead atoms. The first-order valence-electron chi connectivity index (χ1n) is 6.87. The number of para-hydroxylation sites is 1. The molecule has 1 atom stereocenters. The lowest BCUT2D eigenvalue weighted by atomic mass is 10.0. The monoisotopic (exact) mass is 281 g/mol. The molecular formula is C15H23NO2S. The molecule has 19 heavy (non-hydrogen) atoms. The molecule has 0 spiro atoms. The lowest BCUT2D eigenvalue weighted by molar-refractivity contribution is 0.137. The molecule has 1 aromatic rings. The lowest BCUT2D eigenvalue weighted by Crippen LogP contribution is -2.25. The van der Waals surface area contributed by atoms with Crippen molar-refractivity contribution in [1.29, 1.82) is 0 Å². The number of ether oxygens (including phenoxy) is 1. The van der Waals surface area contributed by atoms with Crippen LogP contribution < -0.4 is 10.1 Å². The van der Waals surface area contributed by atoms with E-state index in [1.54, 1.807) is 0 Å². The summed E-state index contributed by atoms with van der Waals surface area (Å²) in [6, 6.07) is 6.33. The maximum Gasteiger partial charge on any atom is 0.127 e. The Kier molecular flexibility index (Phi) is 4.63. The SMILES string of the molecule is CCS(=O)CCNCc1cccc2c1OC(C)(C)C2. The molecule has 1 aromatic carbocycles. The van der Waals surface area contributed by atoms with E-state index in [1.807, 2.05) is 6.92 Å². The van der Waals surface area contributed by atoms with Gasteiger partial charge in [-0.15, -0.1) is 0 Å². The van der Waals surface area contributed by atoms with E-state index in [1.165, 1.54) is 11.1 Å². The minimum absolute atomic E-state index is 0.0951. The van der Waals surface area contributed by atoms with Crippen LogP contribution in [0.25, 0.3) is 0 Å². The molecule has 0 amide bonds. The van der Waals surface area contributed by atoms with Gasteiger partial charge in [-0.2, -0.15) is 0 Å². The van der Waals surface area contributed by atoms with Crippen LogP contribution in [0.3, 0.4) is 0 Å². The summed E-state index contributed by atoms with van der Waals surface area (Å²) in [7, 11) is -0.690. The first-order chi connectivity index (χ1) is 9.02. The molecule has 0 aromatic heterocycles. The van der Waals surface area contributed by atoms with E-state index in [2.05, 4.69) is 37.4 Å². The zero-order valence-corrected chi connectivity index (χ0v) is 12.8. The highest BCUT2D eigenvalue weighted by molar-refractivity contribution is 7.84. The van der Waals surface area contributed by atoms with E-state index in [0.29, 0.717) is 0 Å². The molecule has 1 aliphatic heterocycles. The summed E-state index contributed by atoms with van der Waals surface area (Å²) in [4.78, 5) is 0. The van der Waals surface area contributed by atoms with Crippen LogP contribution in [0.15, 0.2) is 18.2 Å². The van der Waals surface area contributed by atoms with E-state index in [9.17, 15) is 4.21 Å². The molecule has 0 fully saturated rings. The van der Waals surface area contributed by atoms with Gasteiger partial charge < -0.3 is 10.1 Å². The molecule has 1 unspecified atom stereocenters. The van der Waals surface area contributed by atoms with Gasteiger partial charge in [0.15, 0.2) is 0 Å². The largest absolute Gasteiger partial charge is 0.487 e. The fraction of sp³-hybridized carbons (Fsp3) is 0.600. The Morgan fingerprint density at radius 3 is 2.95 bits per heavy atom. The Hall–Kier alpha value is -0.870. The summed E-state index contributed by atoms with van der Waals surface area (Å²) in [5.41, 5.74) is 2.40. The van der Waals surface area contributed by atoms with Gasteiger partial charge in [0.1, 0.15) is 11.4 Å². The van der Waals surface area contributed by atoms with Crippen molar-refractivity contribution in [2.45, 2.75) is 39.3 Å². The van der Waals surface area contributed by atoms with Crippen molar-refractivity contribution in [3.8, 4) is 5.75 Å². The van der Waals surface area contributed by atoms with Crippen LogP contribution in [0.1, 0.15) is 31.9 Å². The van der Waals surface area contributed by atoms with Crippen molar-refractivity contribution in [2.75, 3.05) is 18.1 Å². The molecule has 0 saturated heterocycles. The van der Waals surface area contributed by atoms with E-state index >= 15 is 0 Å². The summed E-state index contributed by atoms with van der Waals surface area (Å²) in [6.07, 6.45) is 0.968. The number of rotatable bonds is 6. The van der Waals surface area contributed by atoms with Gasteiger partial charge in [-0.3, -0.25) is 4.21 Å². The molecule has 1 N–H and O–H groups in total. The standard InChI is InChI=1S/C15H23NO2S/c1-4-19(17)9-8-16-11-13-7-5-6-12-10-15(2,3)18-14(12)13/h5-7,16H,4,8-11H2,1-3H3. The van der Waals surface area contributed by atoms with Gasteiger partial charge in [-0.1, -0.05) is 25.1 Å². The Morgan fingerprint density at radius 1 is 1.42 bits per heavy atom. The van der Waals surface area contributed by atoms with Crippen LogP contribution in [-0.4, -0.2) is 27.9 Å². The number of fused-ring (bicyclic) bond motifs is 1. The van der Waals surface area contributed by atoms with Crippen molar-refractivity contribution >= 4 is 10.8 Å². The lowest BCUT2D eigenvalue weighted by Gasteiger charge is -2.18. The van der Waals surface area contributed by atoms with E-state index in [0.717, 1.165) is 36.8 Å². The fourth-order valence-corrected chi connectivity index (χ4v) is 3.03. The van der Waals surface area contributed by atoms with Gasteiger partial charge in [0.05, 0.1) is 0 Å². The molecule has 106 valence electrons. The minimum atomic E-state index is -0.690. The highest BCUT2D eigenvalue weighted by atomic mass is 32.2. The number of hydrogen-bond donors (Lipinski definition) is 1. The third-order valence-electron chi connectivity index (χ3n) is 3.32. The fourth-order valence-electron chi connectivity index (χ4n) is 2.37. The van der Waals surface area contributed by atoms with E-state index in [4.69, 9.17) is 4.74 Å². The minimum Gasteiger partial charge on any atom is -0.487 e. The predicted octanol–water partition coefficient (Wildman–Crippen LogP) is 2.26. The smallest absolute Gasteiger partial charge is 0.127 e. The first kappa shape index (κ1) is 14.5. The predicted molar refractivity (Wildman–Crippen MR) is 80.1 cm³/mol. The second-order valence-electron chi connectivity index (χ2n) is 5.55. The van der Waals surface area contributed by atoms with E-state index in [-0.39, 0.29) is 5.60 Å². The Balaban J connectivity index is 1.92. The maximum absolute atomic E-state index is 11.3. The van der Waals surface area contributed by atoms with Gasteiger partial charge in [0.2, 0.25) is 0 Å². The first-order valence-corrected chi connectivity index (χ1v) is 8.36. The van der Waals surface area contributed by atoms with Crippen LogP contribution >= 0.6 is 0 Å². The van der Waals surface area contributed by atoms with Gasteiger partial charge in [-0.05, 0) is 19.4 Å². The van der Waals surface area contributed by atoms with Crippen molar-refractivity contribution in [2.24, 2.45) is 0 Å². The molecular weight excluding hydrogens is 258 g/mol. The van der Waals surface area contributed by atoms with Crippen molar-refractivity contribution in [3.63, 3.8) is 0 Å². The highest BCUT2D eigenvalue weighted by Crippen LogP contribution is 2.37. The number of benzene rings is 1. The Labute approximate surface area is 118 Å². The molecule has 1 aliphatic rings. The van der Waals surface area contributed by atoms with Gasteiger partial charge in [-0.25, -0.2) is 0 Å². The van der Waals surface area contributed by atoms with Gasteiger partial charge >= 0.3 is 0 Å². The van der Waals surface area contributed by atoms with Crippen LogP contribution in [-0.2, 0) is 23.8 Å². The van der Waals surface area contributed by atoms with Crippen LogP contribution in [0.5, 0.6) is 5.75 Å². The second-order valence-corrected chi connectivity index (χ2v) is 7.42. The Morgan fingerprint density at radius 2 is 2.21 bits per heavy atom. The molecule has 2 rings (SSSR count). The number of hydrogen-bond acceptors (Lipinski definition) is 3. The topological polar surface area (TPSA) is 38.3 Å². The average Bonchev–Trinajstić information content (AvgIpc) is 2.68. The van der Waals surface area contributed by atoms with Crippen molar-refractivity contribution in [3.05, 3.63) is 29.3 Å². The van der Waals surface area contributed by atoms with Crippen molar-refractivity contribution in [1.82, 2.24) is 5.32 Å². The van der Waals surface area contributed by atoms with Gasteiger partial charge in [0, 0.05) is 47.4 Å². The number of nitrogens with one attached hydrogen (secondary N) is 1. The normalized spacial score (nSPS) is 17.8. The highest BCUT2D eigenvalue weighted by Gasteiger charge is 2.31. The third kappa shape index (κ3) is 3.80. The summed E-state index contributed by atoms with van der Waals surface area (Å²) in [5, 5.41) is 3.35. The summed E-state index contributed by atoms with van der Waals surface area (Å²) < 4.78 is 17.4. The third-order valence-corrected chi connectivity index (χ3v) is 4.62. The zero-order valence-electron chi connectivity index (χ0n) is 12.0. The van der Waals surface area contributed by atoms with Crippen molar-refractivity contribution < 1.29 is 8.95 Å². The van der Waals surface area contributed by atoms with Crippen LogP contribution in [0, 0.1) is 0 Å². The second kappa shape index (κ2) is 6.06. The van der Waals surface area contributed by atoms with Gasteiger partial charge in [0.25, 0.3) is 0 Å². The molecule has 0 aliphatic carbocycles. The summed E-state index contributed by atoms with van der Waals surface area (Å²) in [5.74, 6) is 2.49. The van der Waals surface area contributed by atoms with Crippen LogP contribution in [0.4, 0.5) is 0 Å². The summed E-state index contributed by atoms with van der Waals surface area (Å²) >= 11 is 0.